The molecule has 20 heavy (non-hydrogen) atoms. The summed E-state index contributed by atoms with van der Waals surface area (Å²) in [7, 11) is 0. The Hall–Kier alpha value is -0.220. The molecule has 1 aromatic heterocycles. The standard InChI is InChI=1S/C16H21NOS2/c18-15-17-14-13(20-15)16(6-2-1-3-7-16)11-9-4-5-10(8-9)12(11)19-14/h9-12H,1-8H2,(H,17,18)/t9-,10-,11+,12+/m0/s1. The molecule has 0 radical (unpaired) electrons. The summed E-state index contributed by atoms with van der Waals surface area (Å²) in [5.74, 6) is 2.77. The fraction of sp³-hybridized carbons (Fsp3) is 0.812. The van der Waals surface area contributed by atoms with E-state index >= 15 is 0 Å². The predicted molar refractivity (Wildman–Crippen MR) is 83.7 cm³/mol. The first-order chi connectivity index (χ1) is 9.78. The van der Waals surface area contributed by atoms with Crippen LogP contribution in [0.2, 0.25) is 0 Å². The Bertz CT molecular complexity index is 598. The third kappa shape index (κ3) is 1.45. The van der Waals surface area contributed by atoms with Gasteiger partial charge in [-0.15, -0.1) is 11.8 Å². The smallest absolute Gasteiger partial charge is 0.305 e. The van der Waals surface area contributed by atoms with Crippen molar-refractivity contribution in [2.75, 3.05) is 0 Å². The number of hydrogen-bond acceptors (Lipinski definition) is 3. The highest BCUT2D eigenvalue weighted by molar-refractivity contribution is 8.00. The van der Waals surface area contributed by atoms with Crippen LogP contribution in [0.3, 0.4) is 0 Å². The SMILES string of the molecule is O=c1[nH]c2c(s1)C1(CCCCC1)[C@@H]1[C@H]3CC[C@@H](C3)[C@H]1S2. The van der Waals surface area contributed by atoms with E-state index in [9.17, 15) is 4.79 Å². The van der Waals surface area contributed by atoms with Gasteiger partial charge in [0.2, 0.25) is 0 Å². The molecule has 2 heterocycles. The molecule has 3 saturated carbocycles. The lowest BCUT2D eigenvalue weighted by atomic mass is 9.60. The number of rotatable bonds is 0. The van der Waals surface area contributed by atoms with Crippen molar-refractivity contribution >= 4 is 23.1 Å². The third-order valence-corrected chi connectivity index (χ3v) is 9.27. The van der Waals surface area contributed by atoms with Gasteiger partial charge in [0, 0.05) is 15.5 Å². The topological polar surface area (TPSA) is 32.9 Å². The van der Waals surface area contributed by atoms with Crippen LogP contribution in [0.1, 0.15) is 56.2 Å². The van der Waals surface area contributed by atoms with Gasteiger partial charge in [0.1, 0.15) is 0 Å². The van der Waals surface area contributed by atoms with E-state index in [4.69, 9.17) is 0 Å². The summed E-state index contributed by atoms with van der Waals surface area (Å²) in [6.07, 6.45) is 11.2. The summed E-state index contributed by atoms with van der Waals surface area (Å²) in [6.45, 7) is 0. The van der Waals surface area contributed by atoms with Crippen LogP contribution < -0.4 is 4.87 Å². The summed E-state index contributed by atoms with van der Waals surface area (Å²) >= 11 is 3.57. The number of aromatic nitrogens is 1. The van der Waals surface area contributed by atoms with Gasteiger partial charge in [0.05, 0.1) is 5.03 Å². The number of fused-ring (bicyclic) bond motifs is 8. The zero-order valence-corrected chi connectivity index (χ0v) is 13.3. The molecule has 3 aliphatic carbocycles. The van der Waals surface area contributed by atoms with E-state index in [1.807, 2.05) is 11.8 Å². The maximum Gasteiger partial charge on any atom is 0.305 e. The highest BCUT2D eigenvalue weighted by Crippen LogP contribution is 2.67. The summed E-state index contributed by atoms with van der Waals surface area (Å²) in [5, 5.41) is 2.07. The van der Waals surface area contributed by atoms with Crippen LogP contribution in [0.4, 0.5) is 0 Å². The van der Waals surface area contributed by atoms with Crippen molar-refractivity contribution in [2.24, 2.45) is 17.8 Å². The quantitative estimate of drug-likeness (QED) is 0.780. The van der Waals surface area contributed by atoms with Gasteiger partial charge in [-0.3, -0.25) is 4.79 Å². The molecule has 2 nitrogen and oxygen atoms in total. The Balaban J connectivity index is 1.70. The van der Waals surface area contributed by atoms with Gasteiger partial charge < -0.3 is 4.98 Å². The Labute approximate surface area is 127 Å². The lowest BCUT2D eigenvalue weighted by Crippen LogP contribution is -2.47. The summed E-state index contributed by atoms with van der Waals surface area (Å²) in [5.41, 5.74) is 0.382. The van der Waals surface area contributed by atoms with Crippen LogP contribution in [0, 0.1) is 17.8 Å². The molecule has 1 N–H and O–H groups in total. The minimum absolute atomic E-state index is 0.180. The molecule has 0 unspecified atom stereocenters. The Kier molecular flexibility index (Phi) is 2.57. The molecule has 2 bridgehead atoms. The van der Waals surface area contributed by atoms with E-state index in [0.29, 0.717) is 5.41 Å². The number of hydrogen-bond donors (Lipinski definition) is 1. The van der Waals surface area contributed by atoms with E-state index < -0.39 is 0 Å². The number of thioether (sulfide) groups is 1. The van der Waals surface area contributed by atoms with Gasteiger partial charge in [0.25, 0.3) is 0 Å². The minimum atomic E-state index is 0.180. The van der Waals surface area contributed by atoms with Crippen molar-refractivity contribution < 1.29 is 0 Å². The zero-order chi connectivity index (χ0) is 13.3. The van der Waals surface area contributed by atoms with Crippen LogP contribution in [0.25, 0.3) is 0 Å². The molecular weight excluding hydrogens is 286 g/mol. The van der Waals surface area contributed by atoms with Gasteiger partial charge in [-0.1, -0.05) is 30.6 Å². The highest BCUT2D eigenvalue weighted by Gasteiger charge is 2.60. The largest absolute Gasteiger partial charge is 0.307 e. The van der Waals surface area contributed by atoms with Crippen molar-refractivity contribution in [3.05, 3.63) is 14.5 Å². The summed E-state index contributed by atoms with van der Waals surface area (Å²) in [4.78, 5) is 16.7. The zero-order valence-electron chi connectivity index (χ0n) is 11.7. The molecule has 0 saturated heterocycles. The first-order valence-electron chi connectivity index (χ1n) is 8.18. The molecule has 1 aliphatic heterocycles. The van der Waals surface area contributed by atoms with Crippen LogP contribution >= 0.6 is 23.1 Å². The molecule has 1 spiro atoms. The van der Waals surface area contributed by atoms with E-state index in [-0.39, 0.29) is 4.87 Å². The average molecular weight is 307 g/mol. The van der Waals surface area contributed by atoms with Gasteiger partial charge in [0.15, 0.2) is 0 Å². The summed E-state index contributed by atoms with van der Waals surface area (Å²) in [6, 6.07) is 0. The second-order valence-electron chi connectivity index (χ2n) is 7.33. The normalized spacial score (nSPS) is 40.8. The second kappa shape index (κ2) is 4.16. The molecule has 4 heteroatoms. The van der Waals surface area contributed by atoms with E-state index in [0.717, 1.165) is 23.0 Å². The average Bonchev–Trinajstić information content (AvgIpc) is 3.14. The molecule has 108 valence electrons. The second-order valence-corrected chi connectivity index (χ2v) is 9.50. The first kappa shape index (κ1) is 12.3. The number of nitrogens with one attached hydrogen (secondary N) is 1. The van der Waals surface area contributed by atoms with E-state index in [1.165, 1.54) is 72.6 Å². The Morgan fingerprint density at radius 3 is 2.75 bits per heavy atom. The molecule has 4 atom stereocenters. The lowest BCUT2D eigenvalue weighted by molar-refractivity contribution is 0.135. The first-order valence-corrected chi connectivity index (χ1v) is 9.88. The van der Waals surface area contributed by atoms with Crippen molar-refractivity contribution in [1.82, 2.24) is 4.98 Å². The molecule has 3 fully saturated rings. The molecule has 1 aromatic rings. The van der Waals surface area contributed by atoms with Gasteiger partial charge in [-0.05, 0) is 49.9 Å². The monoisotopic (exact) mass is 307 g/mol. The van der Waals surface area contributed by atoms with Crippen molar-refractivity contribution in [1.29, 1.82) is 0 Å². The Morgan fingerprint density at radius 1 is 1.10 bits per heavy atom. The fourth-order valence-corrected chi connectivity index (χ4v) is 9.09. The number of aromatic amines is 1. The fourth-order valence-electron chi connectivity index (χ4n) is 5.93. The molecular formula is C16H21NOS2. The predicted octanol–water partition coefficient (Wildman–Crippen LogP) is 4.16. The van der Waals surface area contributed by atoms with Gasteiger partial charge in [-0.25, -0.2) is 0 Å². The van der Waals surface area contributed by atoms with Crippen LogP contribution in [-0.4, -0.2) is 10.2 Å². The maximum absolute atomic E-state index is 11.9. The van der Waals surface area contributed by atoms with Crippen LogP contribution in [-0.2, 0) is 5.41 Å². The lowest BCUT2D eigenvalue weighted by Gasteiger charge is -2.51. The highest BCUT2D eigenvalue weighted by atomic mass is 32.2. The van der Waals surface area contributed by atoms with E-state index in [2.05, 4.69) is 4.98 Å². The van der Waals surface area contributed by atoms with Gasteiger partial charge in [-0.2, -0.15) is 0 Å². The van der Waals surface area contributed by atoms with Crippen molar-refractivity contribution in [2.45, 2.75) is 67.1 Å². The van der Waals surface area contributed by atoms with Crippen LogP contribution in [0.5, 0.6) is 0 Å². The number of thiazole rings is 1. The third-order valence-electron chi connectivity index (χ3n) is 6.55. The van der Waals surface area contributed by atoms with E-state index in [1.54, 1.807) is 0 Å². The Morgan fingerprint density at radius 2 is 1.90 bits per heavy atom. The van der Waals surface area contributed by atoms with Crippen molar-refractivity contribution in [3.8, 4) is 0 Å². The maximum atomic E-state index is 11.9. The molecule has 5 rings (SSSR count). The minimum Gasteiger partial charge on any atom is -0.307 e. The molecule has 0 aromatic carbocycles. The molecule has 4 aliphatic rings. The van der Waals surface area contributed by atoms with Gasteiger partial charge >= 0.3 is 4.87 Å². The number of H-pyrrole nitrogens is 1. The summed E-state index contributed by atoms with van der Waals surface area (Å²) < 4.78 is 0. The van der Waals surface area contributed by atoms with Crippen molar-refractivity contribution in [3.63, 3.8) is 0 Å². The molecule has 0 amide bonds. The van der Waals surface area contributed by atoms with Crippen LogP contribution in [0.15, 0.2) is 9.82 Å².